The van der Waals surface area contributed by atoms with Gasteiger partial charge in [0.25, 0.3) is 0 Å². The van der Waals surface area contributed by atoms with Crippen LogP contribution in [-0.4, -0.2) is 56.7 Å². The molecule has 2 aromatic rings. The van der Waals surface area contributed by atoms with Crippen LogP contribution in [0.2, 0.25) is 0 Å². The number of hydrogen-bond acceptors (Lipinski definition) is 6. The molecule has 2 N–H and O–H groups in total. The summed E-state index contributed by atoms with van der Waals surface area (Å²) in [5.74, 6) is -0.464. The van der Waals surface area contributed by atoms with Crippen LogP contribution in [0.4, 0.5) is 0 Å². The largest absolute Gasteiger partial charge is 0.497 e. The summed E-state index contributed by atoms with van der Waals surface area (Å²) in [6.07, 6.45) is 0. The van der Waals surface area contributed by atoms with Crippen LogP contribution in [0, 0.1) is 0 Å². The lowest BCUT2D eigenvalue weighted by Gasteiger charge is -2.34. The highest BCUT2D eigenvalue weighted by Gasteiger charge is 2.24. The zero-order chi connectivity index (χ0) is 19.8. The van der Waals surface area contributed by atoms with E-state index in [4.69, 9.17) is 9.47 Å². The van der Waals surface area contributed by atoms with Crippen molar-refractivity contribution < 1.29 is 19.1 Å². The molecule has 2 amide bonds. The molecule has 28 heavy (non-hydrogen) atoms. The minimum Gasteiger partial charge on any atom is -0.497 e. The Labute approximate surface area is 168 Å². The molecule has 1 fully saturated rings. The van der Waals surface area contributed by atoms with Crippen molar-refractivity contribution in [2.24, 2.45) is 0 Å². The average molecular weight is 404 g/mol. The van der Waals surface area contributed by atoms with E-state index in [9.17, 15) is 9.59 Å². The Morgan fingerprint density at radius 1 is 1.14 bits per heavy atom. The number of carbonyl (C=O) groups excluding carboxylic acids is 2. The van der Waals surface area contributed by atoms with Crippen LogP contribution in [0.5, 0.6) is 5.75 Å². The Morgan fingerprint density at radius 2 is 1.86 bits per heavy atom. The summed E-state index contributed by atoms with van der Waals surface area (Å²) in [6, 6.07) is 11.6. The van der Waals surface area contributed by atoms with Gasteiger partial charge in [0.1, 0.15) is 5.75 Å². The highest BCUT2D eigenvalue weighted by Crippen LogP contribution is 2.23. The summed E-state index contributed by atoms with van der Waals surface area (Å²) >= 11 is 1.54. The maximum Gasteiger partial charge on any atom is 0.309 e. The average Bonchev–Trinajstić information content (AvgIpc) is 3.27. The van der Waals surface area contributed by atoms with E-state index < -0.39 is 11.8 Å². The van der Waals surface area contributed by atoms with Crippen molar-refractivity contribution >= 4 is 23.2 Å². The van der Waals surface area contributed by atoms with Gasteiger partial charge >= 0.3 is 11.8 Å². The molecule has 1 aromatic heterocycles. The Balaban J connectivity index is 1.59. The zero-order valence-electron chi connectivity index (χ0n) is 15.8. The monoisotopic (exact) mass is 403 g/mol. The van der Waals surface area contributed by atoms with Gasteiger partial charge in [-0.05, 0) is 29.1 Å². The van der Waals surface area contributed by atoms with Gasteiger partial charge in [-0.15, -0.1) is 11.3 Å². The van der Waals surface area contributed by atoms with Gasteiger partial charge in [0.15, 0.2) is 0 Å². The van der Waals surface area contributed by atoms with Crippen LogP contribution in [0.3, 0.4) is 0 Å². The maximum absolute atomic E-state index is 12.2. The van der Waals surface area contributed by atoms with Gasteiger partial charge in [-0.2, -0.15) is 0 Å². The SMILES string of the molecule is COc1ccc([C@@H](CNC(=O)C(=O)NCc2cccs2)N2CCOCC2)cc1. The molecule has 1 atom stereocenters. The number of thiophene rings is 1. The molecule has 2 heterocycles. The van der Waals surface area contributed by atoms with Gasteiger partial charge in [-0.25, -0.2) is 0 Å². The number of benzene rings is 1. The molecule has 0 unspecified atom stereocenters. The number of methoxy groups -OCH3 is 1. The molecule has 150 valence electrons. The molecule has 8 heteroatoms. The second-order valence-corrected chi connectivity index (χ2v) is 7.44. The molecular weight excluding hydrogens is 378 g/mol. The van der Waals surface area contributed by atoms with Crippen molar-refractivity contribution in [1.29, 1.82) is 0 Å². The van der Waals surface area contributed by atoms with E-state index in [2.05, 4.69) is 15.5 Å². The third kappa shape index (κ3) is 5.54. The number of rotatable bonds is 7. The van der Waals surface area contributed by atoms with E-state index in [1.807, 2.05) is 41.8 Å². The fourth-order valence-electron chi connectivity index (χ4n) is 3.10. The summed E-state index contributed by atoms with van der Waals surface area (Å²) in [4.78, 5) is 27.6. The van der Waals surface area contributed by atoms with E-state index >= 15 is 0 Å². The lowest BCUT2D eigenvalue weighted by Crippen LogP contribution is -2.46. The first-order valence-electron chi connectivity index (χ1n) is 9.21. The number of nitrogens with one attached hydrogen (secondary N) is 2. The van der Waals surface area contributed by atoms with E-state index in [1.54, 1.807) is 7.11 Å². The Bertz CT molecular complexity index is 758. The molecule has 1 saturated heterocycles. The number of morpholine rings is 1. The lowest BCUT2D eigenvalue weighted by molar-refractivity contribution is -0.139. The Hall–Kier alpha value is -2.42. The molecular formula is C20H25N3O4S. The zero-order valence-corrected chi connectivity index (χ0v) is 16.7. The molecule has 1 aromatic carbocycles. The summed E-state index contributed by atoms with van der Waals surface area (Å²) in [5.41, 5.74) is 1.06. The summed E-state index contributed by atoms with van der Waals surface area (Å²) in [6.45, 7) is 3.56. The molecule has 0 bridgehead atoms. The molecule has 7 nitrogen and oxygen atoms in total. The van der Waals surface area contributed by atoms with E-state index in [0.717, 1.165) is 29.3 Å². The van der Waals surface area contributed by atoms with E-state index in [0.29, 0.717) is 26.3 Å². The molecule has 1 aliphatic rings. The van der Waals surface area contributed by atoms with Crippen molar-refractivity contribution in [2.45, 2.75) is 12.6 Å². The van der Waals surface area contributed by atoms with Gasteiger partial charge in [0, 0.05) is 24.5 Å². The second kappa shape index (κ2) is 10.2. The van der Waals surface area contributed by atoms with Crippen LogP contribution >= 0.6 is 11.3 Å². The fourth-order valence-corrected chi connectivity index (χ4v) is 3.75. The fraction of sp³-hybridized carbons (Fsp3) is 0.400. The predicted molar refractivity (Wildman–Crippen MR) is 107 cm³/mol. The standard InChI is InChI=1S/C20H25N3O4S/c1-26-16-6-4-15(5-7-16)18(23-8-10-27-11-9-23)14-22-20(25)19(24)21-13-17-3-2-12-28-17/h2-7,12,18H,8-11,13-14H2,1H3,(H,21,24)(H,22,25)/t18-/m1/s1. The lowest BCUT2D eigenvalue weighted by atomic mass is 10.0. The highest BCUT2D eigenvalue weighted by molar-refractivity contribution is 7.09. The van der Waals surface area contributed by atoms with Crippen LogP contribution < -0.4 is 15.4 Å². The first-order chi connectivity index (χ1) is 13.7. The predicted octanol–water partition coefficient (Wildman–Crippen LogP) is 1.56. The van der Waals surface area contributed by atoms with Crippen molar-refractivity contribution in [3.05, 3.63) is 52.2 Å². The van der Waals surface area contributed by atoms with Crippen LogP contribution in [0.1, 0.15) is 16.5 Å². The van der Waals surface area contributed by atoms with Crippen LogP contribution in [-0.2, 0) is 20.9 Å². The van der Waals surface area contributed by atoms with E-state index in [-0.39, 0.29) is 6.04 Å². The normalized spacial score (nSPS) is 15.6. The third-order valence-corrected chi connectivity index (χ3v) is 5.53. The first kappa shape index (κ1) is 20.3. The number of amides is 2. The minimum atomic E-state index is -0.622. The number of hydrogen-bond donors (Lipinski definition) is 2. The smallest absolute Gasteiger partial charge is 0.309 e. The number of carbonyl (C=O) groups is 2. The van der Waals surface area contributed by atoms with Crippen molar-refractivity contribution in [2.75, 3.05) is 40.0 Å². The molecule has 1 aliphatic heterocycles. The summed E-state index contributed by atoms with van der Waals surface area (Å²) in [7, 11) is 1.63. The van der Waals surface area contributed by atoms with E-state index in [1.165, 1.54) is 11.3 Å². The summed E-state index contributed by atoms with van der Waals surface area (Å²) in [5, 5.41) is 7.36. The highest BCUT2D eigenvalue weighted by atomic mass is 32.1. The van der Waals surface area contributed by atoms with Crippen LogP contribution in [0.25, 0.3) is 0 Å². The summed E-state index contributed by atoms with van der Waals surface area (Å²) < 4.78 is 10.7. The molecule has 0 saturated carbocycles. The van der Waals surface area contributed by atoms with Gasteiger partial charge in [0.05, 0.1) is 32.9 Å². The van der Waals surface area contributed by atoms with Gasteiger partial charge in [-0.3, -0.25) is 14.5 Å². The molecule has 0 spiro atoms. The Morgan fingerprint density at radius 3 is 2.50 bits per heavy atom. The number of nitrogens with zero attached hydrogens (tertiary/aromatic N) is 1. The van der Waals surface area contributed by atoms with Gasteiger partial charge in [0.2, 0.25) is 0 Å². The minimum absolute atomic E-state index is 0.0381. The topological polar surface area (TPSA) is 79.9 Å². The quantitative estimate of drug-likeness (QED) is 0.686. The molecule has 0 radical (unpaired) electrons. The second-order valence-electron chi connectivity index (χ2n) is 6.41. The maximum atomic E-state index is 12.2. The molecule has 0 aliphatic carbocycles. The molecule has 3 rings (SSSR count). The third-order valence-electron chi connectivity index (χ3n) is 4.65. The Kier molecular flexibility index (Phi) is 7.41. The number of ether oxygens (including phenoxy) is 2. The van der Waals surface area contributed by atoms with Gasteiger partial charge in [-0.1, -0.05) is 18.2 Å². The van der Waals surface area contributed by atoms with Crippen molar-refractivity contribution in [1.82, 2.24) is 15.5 Å². The van der Waals surface area contributed by atoms with Crippen LogP contribution in [0.15, 0.2) is 41.8 Å². The van der Waals surface area contributed by atoms with Crippen molar-refractivity contribution in [3.8, 4) is 5.75 Å². The van der Waals surface area contributed by atoms with Crippen molar-refractivity contribution in [3.63, 3.8) is 0 Å². The first-order valence-corrected chi connectivity index (χ1v) is 10.1. The van der Waals surface area contributed by atoms with Gasteiger partial charge < -0.3 is 20.1 Å².